The Hall–Kier alpha value is -0.280. The van der Waals surface area contributed by atoms with Crippen molar-refractivity contribution < 1.29 is 4.39 Å². The molecular formula is C13H7BrCl3F. The van der Waals surface area contributed by atoms with Gasteiger partial charge in [-0.15, -0.1) is 11.6 Å². The summed E-state index contributed by atoms with van der Waals surface area (Å²) in [5, 5.41) is 0.583. The molecule has 2 aromatic carbocycles. The molecule has 0 fully saturated rings. The van der Waals surface area contributed by atoms with Crippen LogP contribution in [0.25, 0.3) is 0 Å². The molecule has 1 atom stereocenters. The summed E-state index contributed by atoms with van der Waals surface area (Å²) < 4.78 is 13.6. The maximum absolute atomic E-state index is 13.0. The lowest BCUT2D eigenvalue weighted by atomic mass is 10.0. The van der Waals surface area contributed by atoms with Gasteiger partial charge in [-0.3, -0.25) is 0 Å². The number of alkyl halides is 1. The zero-order valence-corrected chi connectivity index (χ0v) is 12.8. The van der Waals surface area contributed by atoms with Crippen molar-refractivity contribution in [1.29, 1.82) is 0 Å². The van der Waals surface area contributed by atoms with E-state index in [9.17, 15) is 4.39 Å². The van der Waals surface area contributed by atoms with Crippen molar-refractivity contribution in [3.63, 3.8) is 0 Å². The van der Waals surface area contributed by atoms with Gasteiger partial charge in [0.15, 0.2) is 0 Å². The van der Waals surface area contributed by atoms with E-state index in [1.807, 2.05) is 0 Å². The Kier molecular flexibility index (Phi) is 4.54. The second-order valence-electron chi connectivity index (χ2n) is 3.69. The first-order chi connectivity index (χ1) is 8.49. The van der Waals surface area contributed by atoms with E-state index in [1.165, 1.54) is 12.1 Å². The summed E-state index contributed by atoms with van der Waals surface area (Å²) >= 11 is 21.7. The lowest BCUT2D eigenvalue weighted by molar-refractivity contribution is 0.626. The molecule has 0 heterocycles. The molecule has 0 saturated carbocycles. The summed E-state index contributed by atoms with van der Waals surface area (Å²) in [5.74, 6) is -0.327. The van der Waals surface area contributed by atoms with Crippen LogP contribution in [0.3, 0.4) is 0 Å². The number of rotatable bonds is 2. The molecule has 0 saturated heterocycles. The van der Waals surface area contributed by atoms with Crippen molar-refractivity contribution >= 4 is 50.7 Å². The first kappa shape index (κ1) is 14.1. The van der Waals surface area contributed by atoms with Crippen LogP contribution in [0.2, 0.25) is 10.0 Å². The van der Waals surface area contributed by atoms with Gasteiger partial charge in [-0.05, 0) is 41.5 Å². The van der Waals surface area contributed by atoms with Gasteiger partial charge in [-0.2, -0.15) is 0 Å². The number of benzene rings is 2. The molecule has 0 bridgehead atoms. The SMILES string of the molecule is Fc1ccc(C(Cl)c2cc(Cl)ccc2Cl)c(Br)c1. The highest BCUT2D eigenvalue weighted by Crippen LogP contribution is 2.38. The minimum Gasteiger partial charge on any atom is -0.207 e. The van der Waals surface area contributed by atoms with E-state index in [4.69, 9.17) is 34.8 Å². The molecule has 0 nitrogen and oxygen atoms in total. The third-order valence-corrected chi connectivity index (χ3v) is 4.20. The highest BCUT2D eigenvalue weighted by Gasteiger charge is 2.17. The minimum atomic E-state index is -0.494. The molecule has 1 unspecified atom stereocenters. The van der Waals surface area contributed by atoms with E-state index in [-0.39, 0.29) is 5.82 Å². The standard InChI is InChI=1S/C13H7BrCl3F/c14-11-6-8(18)2-3-9(11)13(17)10-5-7(15)1-4-12(10)16/h1-6,13H. The second-order valence-corrected chi connectivity index (χ2v) is 5.83. The highest BCUT2D eigenvalue weighted by molar-refractivity contribution is 9.10. The topological polar surface area (TPSA) is 0 Å². The van der Waals surface area contributed by atoms with Gasteiger partial charge in [0.05, 0.1) is 5.38 Å². The molecule has 0 aliphatic carbocycles. The summed E-state index contributed by atoms with van der Waals surface area (Å²) in [7, 11) is 0. The average molecular weight is 368 g/mol. The predicted octanol–water partition coefficient (Wildman–Crippen LogP) is 6.22. The fourth-order valence-electron chi connectivity index (χ4n) is 1.58. The van der Waals surface area contributed by atoms with E-state index in [0.29, 0.717) is 20.1 Å². The number of hydrogen-bond donors (Lipinski definition) is 0. The van der Waals surface area contributed by atoms with E-state index >= 15 is 0 Å². The van der Waals surface area contributed by atoms with E-state index in [1.54, 1.807) is 24.3 Å². The summed E-state index contributed by atoms with van der Waals surface area (Å²) in [6.45, 7) is 0. The number of hydrogen-bond acceptors (Lipinski definition) is 0. The summed E-state index contributed by atoms with van der Waals surface area (Å²) in [5.41, 5.74) is 1.43. The zero-order chi connectivity index (χ0) is 13.3. The molecule has 0 aromatic heterocycles. The van der Waals surface area contributed by atoms with Gasteiger partial charge in [-0.1, -0.05) is 45.2 Å². The molecular weight excluding hydrogens is 361 g/mol. The first-order valence-electron chi connectivity index (χ1n) is 5.03. The van der Waals surface area contributed by atoms with Gasteiger partial charge < -0.3 is 0 Å². The smallest absolute Gasteiger partial charge is 0.124 e. The Morgan fingerprint density at radius 1 is 1.00 bits per heavy atom. The molecule has 5 heteroatoms. The van der Waals surface area contributed by atoms with Crippen LogP contribution < -0.4 is 0 Å². The van der Waals surface area contributed by atoms with Crippen LogP contribution in [0.15, 0.2) is 40.9 Å². The van der Waals surface area contributed by atoms with Gasteiger partial charge in [0, 0.05) is 14.5 Å². The van der Waals surface area contributed by atoms with Crippen LogP contribution >= 0.6 is 50.7 Å². The molecule has 0 amide bonds. The van der Waals surface area contributed by atoms with Crippen molar-refractivity contribution in [1.82, 2.24) is 0 Å². The van der Waals surface area contributed by atoms with E-state index in [0.717, 1.165) is 5.56 Å². The monoisotopic (exact) mass is 366 g/mol. The van der Waals surface area contributed by atoms with Gasteiger partial charge in [-0.25, -0.2) is 4.39 Å². The molecule has 0 spiro atoms. The first-order valence-corrected chi connectivity index (χ1v) is 7.01. The Labute approximate surface area is 128 Å². The molecule has 0 aliphatic rings. The third-order valence-electron chi connectivity index (χ3n) is 2.47. The second kappa shape index (κ2) is 5.79. The fourth-order valence-corrected chi connectivity index (χ4v) is 3.13. The predicted molar refractivity (Wildman–Crippen MR) is 78.3 cm³/mol. The zero-order valence-electron chi connectivity index (χ0n) is 8.93. The Morgan fingerprint density at radius 3 is 2.39 bits per heavy atom. The Bertz CT molecular complexity index is 586. The molecule has 2 rings (SSSR count). The van der Waals surface area contributed by atoms with Gasteiger partial charge >= 0.3 is 0 Å². The highest BCUT2D eigenvalue weighted by atomic mass is 79.9. The summed E-state index contributed by atoms with van der Waals surface area (Å²) in [6.07, 6.45) is 0. The van der Waals surface area contributed by atoms with Crippen molar-refractivity contribution in [3.05, 3.63) is 67.9 Å². The molecule has 2 aromatic rings. The lowest BCUT2D eigenvalue weighted by Gasteiger charge is -2.14. The van der Waals surface area contributed by atoms with E-state index < -0.39 is 5.38 Å². The normalized spacial score (nSPS) is 12.5. The minimum absolute atomic E-state index is 0.327. The van der Waals surface area contributed by atoms with Crippen molar-refractivity contribution in [3.8, 4) is 0 Å². The third kappa shape index (κ3) is 3.00. The molecule has 0 radical (unpaired) electrons. The quantitative estimate of drug-likeness (QED) is 0.552. The lowest BCUT2D eigenvalue weighted by Crippen LogP contribution is -1.96. The number of halogens is 5. The van der Waals surface area contributed by atoms with Crippen LogP contribution in [-0.2, 0) is 0 Å². The molecule has 18 heavy (non-hydrogen) atoms. The fraction of sp³-hybridized carbons (Fsp3) is 0.0769. The van der Waals surface area contributed by atoms with Crippen molar-refractivity contribution in [2.75, 3.05) is 0 Å². The van der Waals surface area contributed by atoms with Crippen LogP contribution in [0.4, 0.5) is 4.39 Å². The van der Waals surface area contributed by atoms with Crippen molar-refractivity contribution in [2.45, 2.75) is 5.38 Å². The van der Waals surface area contributed by atoms with Crippen LogP contribution in [0.5, 0.6) is 0 Å². The van der Waals surface area contributed by atoms with E-state index in [2.05, 4.69) is 15.9 Å². The average Bonchev–Trinajstić information content (AvgIpc) is 2.31. The Morgan fingerprint density at radius 2 is 1.72 bits per heavy atom. The summed E-state index contributed by atoms with van der Waals surface area (Å²) in [4.78, 5) is 0. The maximum Gasteiger partial charge on any atom is 0.124 e. The summed E-state index contributed by atoms with van der Waals surface area (Å²) in [6, 6.07) is 9.42. The van der Waals surface area contributed by atoms with Crippen LogP contribution in [-0.4, -0.2) is 0 Å². The van der Waals surface area contributed by atoms with Gasteiger partial charge in [0.2, 0.25) is 0 Å². The molecule has 0 N–H and O–H groups in total. The largest absolute Gasteiger partial charge is 0.207 e. The maximum atomic E-state index is 13.0. The van der Waals surface area contributed by atoms with Crippen molar-refractivity contribution in [2.24, 2.45) is 0 Å². The Balaban J connectivity index is 2.47. The van der Waals surface area contributed by atoms with Crippen LogP contribution in [0, 0.1) is 5.82 Å². The molecule has 94 valence electrons. The van der Waals surface area contributed by atoms with Gasteiger partial charge in [0.1, 0.15) is 5.82 Å². The van der Waals surface area contributed by atoms with Crippen LogP contribution in [0.1, 0.15) is 16.5 Å². The van der Waals surface area contributed by atoms with Gasteiger partial charge in [0.25, 0.3) is 0 Å². The molecule has 0 aliphatic heterocycles.